The summed E-state index contributed by atoms with van der Waals surface area (Å²) in [5.41, 5.74) is 0.103. The average Bonchev–Trinajstić information content (AvgIpc) is 2.79. The average molecular weight is 306 g/mol. The molecule has 124 valence electrons. The van der Waals surface area contributed by atoms with E-state index in [0.29, 0.717) is 23.5 Å². The van der Waals surface area contributed by atoms with Crippen LogP contribution >= 0.6 is 0 Å². The number of aliphatic hydroxyl groups is 2. The van der Waals surface area contributed by atoms with Crippen molar-refractivity contribution < 1.29 is 15.0 Å². The number of fused-ring (bicyclic) bond motifs is 5. The number of aliphatic hydroxyl groups excluding tert-OH is 2. The molecule has 0 bridgehead atoms. The van der Waals surface area contributed by atoms with Crippen LogP contribution in [0.1, 0.15) is 65.2 Å². The maximum Gasteiger partial charge on any atom is 0.139 e. The van der Waals surface area contributed by atoms with Gasteiger partial charge in [-0.15, -0.1) is 0 Å². The lowest BCUT2D eigenvalue weighted by Gasteiger charge is -2.61. The van der Waals surface area contributed by atoms with Gasteiger partial charge < -0.3 is 10.2 Å². The highest BCUT2D eigenvalue weighted by Gasteiger charge is 2.61. The molecule has 3 heteroatoms. The second kappa shape index (κ2) is 4.80. The first-order chi connectivity index (χ1) is 10.4. The normalized spacial score (nSPS) is 57.9. The Morgan fingerprint density at radius 2 is 1.68 bits per heavy atom. The molecule has 0 heterocycles. The highest BCUT2D eigenvalue weighted by Crippen LogP contribution is 2.65. The van der Waals surface area contributed by atoms with Crippen molar-refractivity contribution in [3.63, 3.8) is 0 Å². The molecule has 4 saturated carbocycles. The number of carbonyl (C=O) groups excluding carboxylic acids is 1. The second-order valence-corrected chi connectivity index (χ2v) is 9.08. The lowest BCUT2D eigenvalue weighted by atomic mass is 9.45. The fraction of sp³-hybridized carbons (Fsp3) is 0.947. The van der Waals surface area contributed by atoms with Gasteiger partial charge in [0, 0.05) is 11.8 Å². The molecular formula is C19H30O3. The van der Waals surface area contributed by atoms with Crippen LogP contribution in [0.3, 0.4) is 0 Å². The molecule has 4 aliphatic rings. The van der Waals surface area contributed by atoms with Crippen LogP contribution in [0.25, 0.3) is 0 Å². The zero-order valence-electron chi connectivity index (χ0n) is 13.9. The van der Waals surface area contributed by atoms with Crippen molar-refractivity contribution in [2.45, 2.75) is 77.4 Å². The molecule has 4 rings (SSSR count). The van der Waals surface area contributed by atoms with E-state index in [9.17, 15) is 15.0 Å². The zero-order valence-corrected chi connectivity index (χ0v) is 13.9. The van der Waals surface area contributed by atoms with Crippen LogP contribution in [0, 0.1) is 34.5 Å². The van der Waals surface area contributed by atoms with Crippen LogP contribution in [-0.4, -0.2) is 28.2 Å². The summed E-state index contributed by atoms with van der Waals surface area (Å²) < 4.78 is 0. The van der Waals surface area contributed by atoms with Gasteiger partial charge >= 0.3 is 0 Å². The molecule has 0 aliphatic heterocycles. The summed E-state index contributed by atoms with van der Waals surface area (Å²) in [5.74, 6) is 2.62. The van der Waals surface area contributed by atoms with E-state index in [1.54, 1.807) is 0 Å². The molecular weight excluding hydrogens is 276 g/mol. The van der Waals surface area contributed by atoms with E-state index >= 15 is 0 Å². The standard InChI is InChI=1S/C19H30O3/c1-18-10-8-15(20)17(22)14(18)4-3-11-12-5-6-16(21)19(12,2)9-7-13(11)18/h11-15,17,20,22H,3-10H2,1-2H3/t11-,12-,13-,14?,15+,17?,18+,19-/m0/s1. The fourth-order valence-corrected chi connectivity index (χ4v) is 7.09. The van der Waals surface area contributed by atoms with E-state index in [2.05, 4.69) is 13.8 Å². The van der Waals surface area contributed by atoms with Crippen LogP contribution in [0.5, 0.6) is 0 Å². The molecule has 0 spiro atoms. The quantitative estimate of drug-likeness (QED) is 0.723. The molecule has 8 atom stereocenters. The first-order valence-corrected chi connectivity index (χ1v) is 9.27. The van der Waals surface area contributed by atoms with Crippen LogP contribution in [0.2, 0.25) is 0 Å². The monoisotopic (exact) mass is 306 g/mol. The lowest BCUT2D eigenvalue weighted by molar-refractivity contribution is -0.173. The van der Waals surface area contributed by atoms with Crippen LogP contribution < -0.4 is 0 Å². The molecule has 22 heavy (non-hydrogen) atoms. The summed E-state index contributed by atoms with van der Waals surface area (Å²) in [6.07, 6.45) is 6.91. The maximum absolute atomic E-state index is 12.4. The predicted octanol–water partition coefficient (Wildman–Crippen LogP) is 2.93. The molecule has 4 fully saturated rings. The number of rotatable bonds is 0. The van der Waals surface area contributed by atoms with E-state index in [-0.39, 0.29) is 16.7 Å². The Kier molecular flexibility index (Phi) is 3.30. The van der Waals surface area contributed by atoms with Gasteiger partial charge in [0.1, 0.15) is 5.78 Å². The molecule has 0 saturated heterocycles. The molecule has 0 aromatic rings. The van der Waals surface area contributed by atoms with E-state index in [0.717, 1.165) is 51.4 Å². The van der Waals surface area contributed by atoms with Crippen molar-refractivity contribution in [3.05, 3.63) is 0 Å². The molecule has 2 N–H and O–H groups in total. The molecule has 0 amide bonds. The number of hydrogen-bond acceptors (Lipinski definition) is 3. The van der Waals surface area contributed by atoms with Crippen molar-refractivity contribution in [2.24, 2.45) is 34.5 Å². The Bertz CT molecular complexity index is 489. The SMILES string of the molecule is C[C@]12CC[C@@H](O)C(O)C1CC[C@@H]1[C@@H]2CC[C@]2(C)C(=O)CC[C@@H]12. The first-order valence-electron chi connectivity index (χ1n) is 9.27. The molecule has 3 nitrogen and oxygen atoms in total. The fourth-order valence-electron chi connectivity index (χ4n) is 7.09. The van der Waals surface area contributed by atoms with Crippen LogP contribution in [0.15, 0.2) is 0 Å². The van der Waals surface area contributed by atoms with Gasteiger partial charge in [-0.3, -0.25) is 4.79 Å². The molecule has 0 aromatic carbocycles. The van der Waals surface area contributed by atoms with Gasteiger partial charge in [-0.05, 0) is 74.0 Å². The van der Waals surface area contributed by atoms with Gasteiger partial charge in [-0.25, -0.2) is 0 Å². The van der Waals surface area contributed by atoms with Gasteiger partial charge in [-0.2, -0.15) is 0 Å². The van der Waals surface area contributed by atoms with Crippen molar-refractivity contribution in [1.82, 2.24) is 0 Å². The van der Waals surface area contributed by atoms with E-state index in [1.165, 1.54) is 0 Å². The Morgan fingerprint density at radius 1 is 0.909 bits per heavy atom. The third kappa shape index (κ3) is 1.78. The topological polar surface area (TPSA) is 57.5 Å². The summed E-state index contributed by atoms with van der Waals surface area (Å²) in [4.78, 5) is 12.4. The van der Waals surface area contributed by atoms with Crippen molar-refractivity contribution in [2.75, 3.05) is 0 Å². The van der Waals surface area contributed by atoms with E-state index in [1.807, 2.05) is 0 Å². The first kappa shape index (κ1) is 15.1. The van der Waals surface area contributed by atoms with Gasteiger partial charge in [0.05, 0.1) is 12.2 Å². The molecule has 2 unspecified atom stereocenters. The number of ketones is 1. The Morgan fingerprint density at radius 3 is 2.45 bits per heavy atom. The number of hydrogen-bond donors (Lipinski definition) is 2. The Balaban J connectivity index is 1.65. The number of Topliss-reactive ketones (excluding diaryl/α,β-unsaturated/α-hetero) is 1. The highest BCUT2D eigenvalue weighted by atomic mass is 16.3. The van der Waals surface area contributed by atoms with Crippen LogP contribution in [-0.2, 0) is 4.79 Å². The molecule has 0 radical (unpaired) electrons. The van der Waals surface area contributed by atoms with Crippen molar-refractivity contribution >= 4 is 5.78 Å². The Hall–Kier alpha value is -0.410. The molecule has 0 aromatic heterocycles. The van der Waals surface area contributed by atoms with E-state index in [4.69, 9.17) is 0 Å². The minimum absolute atomic E-state index is 0.0584. The highest BCUT2D eigenvalue weighted by molar-refractivity contribution is 5.87. The van der Waals surface area contributed by atoms with Gasteiger partial charge in [0.15, 0.2) is 0 Å². The van der Waals surface area contributed by atoms with Gasteiger partial charge in [0.2, 0.25) is 0 Å². The zero-order chi connectivity index (χ0) is 15.7. The Labute approximate surface area is 133 Å². The van der Waals surface area contributed by atoms with Gasteiger partial charge in [-0.1, -0.05) is 13.8 Å². The molecule has 4 aliphatic carbocycles. The predicted molar refractivity (Wildman–Crippen MR) is 84.1 cm³/mol. The van der Waals surface area contributed by atoms with Crippen molar-refractivity contribution in [3.8, 4) is 0 Å². The minimum atomic E-state index is -0.543. The van der Waals surface area contributed by atoms with E-state index < -0.39 is 12.2 Å². The largest absolute Gasteiger partial charge is 0.390 e. The number of carbonyl (C=O) groups is 1. The summed E-state index contributed by atoms with van der Waals surface area (Å²) in [5, 5.41) is 20.6. The third-order valence-corrected chi connectivity index (χ3v) is 8.44. The minimum Gasteiger partial charge on any atom is -0.390 e. The summed E-state index contributed by atoms with van der Waals surface area (Å²) in [7, 11) is 0. The smallest absolute Gasteiger partial charge is 0.139 e. The lowest BCUT2D eigenvalue weighted by Crippen LogP contribution is -2.58. The van der Waals surface area contributed by atoms with Crippen molar-refractivity contribution in [1.29, 1.82) is 0 Å². The third-order valence-electron chi connectivity index (χ3n) is 8.44. The summed E-state index contributed by atoms with van der Waals surface area (Å²) >= 11 is 0. The van der Waals surface area contributed by atoms with Gasteiger partial charge in [0.25, 0.3) is 0 Å². The summed E-state index contributed by atoms with van der Waals surface area (Å²) in [6.45, 7) is 4.58. The maximum atomic E-state index is 12.4. The van der Waals surface area contributed by atoms with Crippen LogP contribution in [0.4, 0.5) is 0 Å². The summed E-state index contributed by atoms with van der Waals surface area (Å²) in [6, 6.07) is 0. The second-order valence-electron chi connectivity index (χ2n) is 9.08.